The summed E-state index contributed by atoms with van der Waals surface area (Å²) in [6, 6.07) is 9.59. The van der Waals surface area contributed by atoms with Crippen molar-refractivity contribution in [2.75, 3.05) is 18.4 Å². The summed E-state index contributed by atoms with van der Waals surface area (Å²) in [5.74, 6) is 0.0908. The standard InChI is InChI=1S/C13H18N2O/c1-11(15-9-5-6-10-15)13(16)14-12-7-3-2-4-8-12/h2-4,7-8,11H,5-6,9-10H2,1H3,(H,14,16)/t11-/m0/s1. The number of benzene rings is 1. The maximum absolute atomic E-state index is 11.9. The molecule has 0 unspecified atom stereocenters. The van der Waals surface area contributed by atoms with E-state index in [0.717, 1.165) is 18.8 Å². The van der Waals surface area contributed by atoms with Crippen molar-refractivity contribution in [1.29, 1.82) is 0 Å². The minimum atomic E-state index is -0.0253. The molecule has 1 aliphatic rings. The number of likely N-dealkylation sites (tertiary alicyclic amines) is 1. The summed E-state index contributed by atoms with van der Waals surface area (Å²) in [6.45, 7) is 4.07. The molecule has 1 N–H and O–H groups in total. The van der Waals surface area contributed by atoms with Gasteiger partial charge >= 0.3 is 0 Å². The normalized spacial score (nSPS) is 18.3. The highest BCUT2D eigenvalue weighted by molar-refractivity contribution is 5.94. The van der Waals surface area contributed by atoms with Crippen LogP contribution in [0.15, 0.2) is 30.3 Å². The monoisotopic (exact) mass is 218 g/mol. The molecule has 1 aromatic carbocycles. The van der Waals surface area contributed by atoms with Gasteiger partial charge in [0.15, 0.2) is 0 Å². The van der Waals surface area contributed by atoms with E-state index in [0.29, 0.717) is 0 Å². The fourth-order valence-electron chi connectivity index (χ4n) is 2.06. The molecule has 1 aromatic rings. The molecule has 1 heterocycles. The number of hydrogen-bond acceptors (Lipinski definition) is 2. The molecule has 0 saturated carbocycles. The number of para-hydroxylation sites is 1. The first-order valence-corrected chi connectivity index (χ1v) is 5.87. The van der Waals surface area contributed by atoms with Crippen LogP contribution in [0.25, 0.3) is 0 Å². The number of amides is 1. The van der Waals surface area contributed by atoms with Gasteiger partial charge in [0.2, 0.25) is 5.91 Å². The van der Waals surface area contributed by atoms with Crippen molar-refractivity contribution in [3.63, 3.8) is 0 Å². The third-order valence-corrected chi connectivity index (χ3v) is 3.11. The van der Waals surface area contributed by atoms with E-state index in [1.807, 2.05) is 37.3 Å². The average Bonchev–Trinajstić information content (AvgIpc) is 2.83. The lowest BCUT2D eigenvalue weighted by molar-refractivity contribution is -0.120. The summed E-state index contributed by atoms with van der Waals surface area (Å²) >= 11 is 0. The SMILES string of the molecule is C[C@@H](C(=O)Nc1ccccc1)N1CCCC1. The van der Waals surface area contributed by atoms with Crippen molar-refractivity contribution in [3.8, 4) is 0 Å². The number of carbonyl (C=O) groups is 1. The Morgan fingerprint density at radius 1 is 1.25 bits per heavy atom. The molecule has 0 spiro atoms. The third-order valence-electron chi connectivity index (χ3n) is 3.11. The summed E-state index contributed by atoms with van der Waals surface area (Å²) in [5, 5.41) is 2.94. The van der Waals surface area contributed by atoms with Gasteiger partial charge in [-0.2, -0.15) is 0 Å². The number of rotatable bonds is 3. The van der Waals surface area contributed by atoms with Gasteiger partial charge in [-0.1, -0.05) is 18.2 Å². The van der Waals surface area contributed by atoms with Crippen LogP contribution in [0.2, 0.25) is 0 Å². The lowest BCUT2D eigenvalue weighted by atomic mass is 10.2. The second-order valence-corrected chi connectivity index (χ2v) is 4.27. The molecule has 0 radical (unpaired) electrons. The van der Waals surface area contributed by atoms with Crippen LogP contribution in [-0.2, 0) is 4.79 Å². The molecule has 86 valence electrons. The summed E-state index contributed by atoms with van der Waals surface area (Å²) < 4.78 is 0. The van der Waals surface area contributed by atoms with E-state index in [4.69, 9.17) is 0 Å². The molecule has 3 nitrogen and oxygen atoms in total. The molecule has 0 aromatic heterocycles. The fourth-order valence-corrected chi connectivity index (χ4v) is 2.06. The van der Waals surface area contributed by atoms with Crippen LogP contribution in [0.1, 0.15) is 19.8 Å². The minimum Gasteiger partial charge on any atom is -0.325 e. The highest BCUT2D eigenvalue weighted by atomic mass is 16.2. The van der Waals surface area contributed by atoms with Gasteiger partial charge in [-0.15, -0.1) is 0 Å². The molecule has 1 atom stereocenters. The Balaban J connectivity index is 1.92. The Labute approximate surface area is 96.5 Å². The molecule has 16 heavy (non-hydrogen) atoms. The first-order chi connectivity index (χ1) is 7.77. The Hall–Kier alpha value is -1.35. The topological polar surface area (TPSA) is 32.3 Å². The summed E-state index contributed by atoms with van der Waals surface area (Å²) in [6.07, 6.45) is 2.42. The summed E-state index contributed by atoms with van der Waals surface area (Å²) in [4.78, 5) is 14.2. The average molecular weight is 218 g/mol. The molecule has 0 bridgehead atoms. The van der Waals surface area contributed by atoms with Crippen molar-refractivity contribution in [3.05, 3.63) is 30.3 Å². The molecular formula is C13H18N2O. The zero-order chi connectivity index (χ0) is 11.4. The largest absolute Gasteiger partial charge is 0.325 e. The van der Waals surface area contributed by atoms with Gasteiger partial charge in [0, 0.05) is 5.69 Å². The highest BCUT2D eigenvalue weighted by Gasteiger charge is 2.23. The zero-order valence-electron chi connectivity index (χ0n) is 9.65. The van der Waals surface area contributed by atoms with Gasteiger partial charge in [0.05, 0.1) is 6.04 Å². The molecule has 1 amide bonds. The van der Waals surface area contributed by atoms with Gasteiger partial charge < -0.3 is 5.32 Å². The summed E-state index contributed by atoms with van der Waals surface area (Å²) in [7, 11) is 0. The molecule has 1 aliphatic heterocycles. The lowest BCUT2D eigenvalue weighted by Gasteiger charge is -2.22. The van der Waals surface area contributed by atoms with Gasteiger partial charge in [-0.3, -0.25) is 9.69 Å². The van der Waals surface area contributed by atoms with Crippen molar-refractivity contribution in [2.45, 2.75) is 25.8 Å². The lowest BCUT2D eigenvalue weighted by Crippen LogP contribution is -2.40. The quantitative estimate of drug-likeness (QED) is 0.842. The van der Waals surface area contributed by atoms with Gasteiger partial charge in [0.1, 0.15) is 0 Å². The smallest absolute Gasteiger partial charge is 0.241 e. The van der Waals surface area contributed by atoms with Crippen molar-refractivity contribution in [1.82, 2.24) is 4.90 Å². The van der Waals surface area contributed by atoms with Gasteiger partial charge in [-0.05, 0) is 45.0 Å². The van der Waals surface area contributed by atoms with Crippen molar-refractivity contribution in [2.24, 2.45) is 0 Å². The van der Waals surface area contributed by atoms with E-state index < -0.39 is 0 Å². The maximum atomic E-state index is 11.9. The van der Waals surface area contributed by atoms with Gasteiger partial charge in [0.25, 0.3) is 0 Å². The van der Waals surface area contributed by atoms with Crippen LogP contribution in [0, 0.1) is 0 Å². The second-order valence-electron chi connectivity index (χ2n) is 4.27. The van der Waals surface area contributed by atoms with Crippen LogP contribution in [-0.4, -0.2) is 29.9 Å². The molecule has 2 rings (SSSR count). The number of anilines is 1. The van der Waals surface area contributed by atoms with Crippen LogP contribution in [0.5, 0.6) is 0 Å². The number of nitrogens with one attached hydrogen (secondary N) is 1. The van der Waals surface area contributed by atoms with E-state index in [-0.39, 0.29) is 11.9 Å². The van der Waals surface area contributed by atoms with Crippen LogP contribution < -0.4 is 5.32 Å². The first-order valence-electron chi connectivity index (χ1n) is 5.87. The molecule has 0 aliphatic carbocycles. The van der Waals surface area contributed by atoms with E-state index in [1.165, 1.54) is 12.8 Å². The Kier molecular flexibility index (Phi) is 3.57. The van der Waals surface area contributed by atoms with Gasteiger partial charge in [-0.25, -0.2) is 0 Å². The fraction of sp³-hybridized carbons (Fsp3) is 0.462. The summed E-state index contributed by atoms with van der Waals surface area (Å²) in [5.41, 5.74) is 0.874. The van der Waals surface area contributed by atoms with Crippen molar-refractivity contribution >= 4 is 11.6 Å². The van der Waals surface area contributed by atoms with Crippen LogP contribution >= 0.6 is 0 Å². The van der Waals surface area contributed by atoms with Crippen molar-refractivity contribution < 1.29 is 4.79 Å². The second kappa shape index (κ2) is 5.12. The highest BCUT2D eigenvalue weighted by Crippen LogP contribution is 2.13. The van der Waals surface area contributed by atoms with E-state index in [2.05, 4.69) is 10.2 Å². The third kappa shape index (κ3) is 2.61. The molecule has 1 saturated heterocycles. The Bertz CT molecular complexity index is 344. The van der Waals surface area contributed by atoms with E-state index >= 15 is 0 Å². The first kappa shape index (κ1) is 11.1. The predicted molar refractivity (Wildman–Crippen MR) is 65.3 cm³/mol. The zero-order valence-corrected chi connectivity index (χ0v) is 9.65. The maximum Gasteiger partial charge on any atom is 0.241 e. The number of carbonyl (C=O) groups excluding carboxylic acids is 1. The molecule has 3 heteroatoms. The van der Waals surface area contributed by atoms with E-state index in [1.54, 1.807) is 0 Å². The molecule has 1 fully saturated rings. The predicted octanol–water partition coefficient (Wildman–Crippen LogP) is 2.11. The molecular weight excluding hydrogens is 200 g/mol. The Morgan fingerprint density at radius 3 is 2.50 bits per heavy atom. The Morgan fingerprint density at radius 2 is 1.88 bits per heavy atom. The van der Waals surface area contributed by atoms with E-state index in [9.17, 15) is 4.79 Å². The van der Waals surface area contributed by atoms with Crippen LogP contribution in [0.4, 0.5) is 5.69 Å². The minimum absolute atomic E-state index is 0.0253. The number of nitrogens with zero attached hydrogens (tertiary/aromatic N) is 1. The number of hydrogen-bond donors (Lipinski definition) is 1. The van der Waals surface area contributed by atoms with Crippen LogP contribution in [0.3, 0.4) is 0 Å².